The Morgan fingerprint density at radius 3 is 2.27 bits per heavy atom. The minimum atomic E-state index is -0.587. The molecule has 0 heterocycles. The van der Waals surface area contributed by atoms with Crippen LogP contribution in [0.1, 0.15) is 6.92 Å². The van der Waals surface area contributed by atoms with Crippen molar-refractivity contribution in [1.29, 1.82) is 5.26 Å². The average molecular weight is 206 g/mol. The van der Waals surface area contributed by atoms with Gasteiger partial charge in [0, 0.05) is 0 Å². The summed E-state index contributed by atoms with van der Waals surface area (Å²) >= 11 is 0. The van der Waals surface area contributed by atoms with Crippen molar-refractivity contribution in [3.8, 4) is 17.6 Å². The van der Waals surface area contributed by atoms with E-state index in [0.29, 0.717) is 12.4 Å². The van der Waals surface area contributed by atoms with Gasteiger partial charge in [-0.25, -0.2) is 0 Å². The van der Waals surface area contributed by atoms with Gasteiger partial charge in [0.1, 0.15) is 24.1 Å². The minimum absolute atomic E-state index is 0.199. The third-order valence-corrected chi connectivity index (χ3v) is 1.73. The lowest BCUT2D eigenvalue weighted by molar-refractivity contribution is 0.306. The van der Waals surface area contributed by atoms with Crippen LogP contribution in [0.4, 0.5) is 0 Å². The highest BCUT2D eigenvalue weighted by Crippen LogP contribution is 2.17. The second-order valence-electron chi connectivity index (χ2n) is 2.95. The molecular formula is C11H14N2O2. The molecule has 0 aliphatic heterocycles. The van der Waals surface area contributed by atoms with Gasteiger partial charge in [0.15, 0.2) is 0 Å². The Labute approximate surface area is 89.2 Å². The molecule has 0 aromatic heterocycles. The molecule has 0 aliphatic carbocycles. The summed E-state index contributed by atoms with van der Waals surface area (Å²) in [5.74, 6) is 1.48. The number of rotatable bonds is 5. The fraction of sp³-hybridized carbons (Fsp3) is 0.364. The van der Waals surface area contributed by atoms with Crippen LogP contribution in [0.2, 0.25) is 0 Å². The van der Waals surface area contributed by atoms with Gasteiger partial charge >= 0.3 is 0 Å². The van der Waals surface area contributed by atoms with E-state index in [-0.39, 0.29) is 6.61 Å². The van der Waals surface area contributed by atoms with Crippen molar-refractivity contribution in [3.05, 3.63) is 24.3 Å². The van der Waals surface area contributed by atoms with E-state index in [4.69, 9.17) is 20.5 Å². The monoisotopic (exact) mass is 206 g/mol. The molecule has 0 fully saturated rings. The van der Waals surface area contributed by atoms with Crippen molar-refractivity contribution in [2.75, 3.05) is 13.2 Å². The lowest BCUT2D eigenvalue weighted by Crippen LogP contribution is -2.25. The van der Waals surface area contributed by atoms with Gasteiger partial charge < -0.3 is 15.2 Å². The third kappa shape index (κ3) is 3.88. The summed E-state index contributed by atoms with van der Waals surface area (Å²) in [5, 5.41) is 8.45. The van der Waals surface area contributed by atoms with E-state index in [9.17, 15) is 0 Å². The molecule has 1 unspecified atom stereocenters. The third-order valence-electron chi connectivity index (χ3n) is 1.73. The van der Waals surface area contributed by atoms with Crippen molar-refractivity contribution < 1.29 is 9.47 Å². The van der Waals surface area contributed by atoms with Crippen LogP contribution >= 0.6 is 0 Å². The first-order valence-electron chi connectivity index (χ1n) is 4.77. The summed E-state index contributed by atoms with van der Waals surface area (Å²) in [7, 11) is 0. The number of nitriles is 1. The van der Waals surface area contributed by atoms with Gasteiger partial charge in [-0.2, -0.15) is 5.26 Å². The first kappa shape index (κ1) is 11.3. The predicted octanol–water partition coefficient (Wildman–Crippen LogP) is 1.31. The SMILES string of the molecule is CCOc1ccc(OCC(N)C#N)cc1. The lowest BCUT2D eigenvalue weighted by atomic mass is 10.3. The molecule has 1 atom stereocenters. The summed E-state index contributed by atoms with van der Waals surface area (Å²) in [6.07, 6.45) is 0. The van der Waals surface area contributed by atoms with Gasteiger partial charge in [-0.1, -0.05) is 0 Å². The quantitative estimate of drug-likeness (QED) is 0.788. The number of nitrogens with zero attached hydrogens (tertiary/aromatic N) is 1. The zero-order valence-electron chi connectivity index (χ0n) is 8.64. The molecule has 0 spiro atoms. The van der Waals surface area contributed by atoms with E-state index < -0.39 is 6.04 Å². The smallest absolute Gasteiger partial charge is 0.127 e. The second kappa shape index (κ2) is 5.89. The molecule has 15 heavy (non-hydrogen) atoms. The molecule has 0 bridgehead atoms. The van der Waals surface area contributed by atoms with Crippen LogP contribution in [0, 0.1) is 11.3 Å². The first-order chi connectivity index (χ1) is 7.26. The molecule has 0 saturated carbocycles. The van der Waals surface area contributed by atoms with E-state index >= 15 is 0 Å². The Bertz CT molecular complexity index is 329. The van der Waals surface area contributed by atoms with Crippen molar-refractivity contribution >= 4 is 0 Å². The average Bonchev–Trinajstić information content (AvgIpc) is 2.28. The molecule has 4 nitrogen and oxygen atoms in total. The van der Waals surface area contributed by atoms with Crippen molar-refractivity contribution in [2.24, 2.45) is 5.73 Å². The summed E-state index contributed by atoms with van der Waals surface area (Å²) < 4.78 is 10.6. The van der Waals surface area contributed by atoms with E-state index in [2.05, 4.69) is 0 Å². The topological polar surface area (TPSA) is 68.3 Å². The molecule has 80 valence electrons. The van der Waals surface area contributed by atoms with E-state index in [1.54, 1.807) is 12.1 Å². The molecule has 1 rings (SSSR count). The Hall–Kier alpha value is -1.73. The summed E-state index contributed by atoms with van der Waals surface area (Å²) in [5.41, 5.74) is 5.39. The first-order valence-corrected chi connectivity index (χ1v) is 4.77. The normalized spacial score (nSPS) is 11.5. The molecule has 0 saturated heterocycles. The zero-order valence-corrected chi connectivity index (χ0v) is 8.64. The predicted molar refractivity (Wildman–Crippen MR) is 56.7 cm³/mol. The van der Waals surface area contributed by atoms with Crippen molar-refractivity contribution in [3.63, 3.8) is 0 Å². The lowest BCUT2D eigenvalue weighted by Gasteiger charge is -2.08. The largest absolute Gasteiger partial charge is 0.494 e. The van der Waals surface area contributed by atoms with Crippen LogP contribution < -0.4 is 15.2 Å². The maximum atomic E-state index is 8.45. The molecular weight excluding hydrogens is 192 g/mol. The Kier molecular flexibility index (Phi) is 4.45. The van der Waals surface area contributed by atoms with Crippen molar-refractivity contribution in [2.45, 2.75) is 13.0 Å². The summed E-state index contributed by atoms with van der Waals surface area (Å²) in [6.45, 7) is 2.76. The fourth-order valence-corrected chi connectivity index (χ4v) is 1.02. The van der Waals surface area contributed by atoms with Crippen LogP contribution in [-0.2, 0) is 0 Å². The number of benzene rings is 1. The number of ether oxygens (including phenoxy) is 2. The van der Waals surface area contributed by atoms with E-state index in [0.717, 1.165) is 5.75 Å². The standard InChI is InChI=1S/C11H14N2O2/c1-2-14-10-3-5-11(6-4-10)15-8-9(13)7-12/h3-6,9H,2,8,13H2,1H3. The summed E-state index contributed by atoms with van der Waals surface area (Å²) in [4.78, 5) is 0. The van der Waals surface area contributed by atoms with Gasteiger partial charge in [-0.15, -0.1) is 0 Å². The molecule has 0 amide bonds. The van der Waals surface area contributed by atoms with Crippen LogP contribution in [0.25, 0.3) is 0 Å². The van der Waals surface area contributed by atoms with Crippen LogP contribution in [-0.4, -0.2) is 19.3 Å². The summed E-state index contributed by atoms with van der Waals surface area (Å²) in [6, 6.07) is 8.51. The molecule has 1 aromatic rings. The molecule has 1 aromatic carbocycles. The van der Waals surface area contributed by atoms with E-state index in [1.165, 1.54) is 0 Å². The molecule has 0 radical (unpaired) electrons. The van der Waals surface area contributed by atoms with Crippen molar-refractivity contribution in [1.82, 2.24) is 0 Å². The van der Waals surface area contributed by atoms with E-state index in [1.807, 2.05) is 25.1 Å². The van der Waals surface area contributed by atoms with Gasteiger partial charge in [-0.3, -0.25) is 0 Å². The van der Waals surface area contributed by atoms with Gasteiger partial charge in [0.05, 0.1) is 12.7 Å². The molecule has 2 N–H and O–H groups in total. The van der Waals surface area contributed by atoms with Crippen LogP contribution in [0.3, 0.4) is 0 Å². The zero-order chi connectivity index (χ0) is 11.1. The number of hydrogen-bond acceptors (Lipinski definition) is 4. The highest BCUT2D eigenvalue weighted by molar-refractivity contribution is 5.31. The Balaban J connectivity index is 2.46. The second-order valence-corrected chi connectivity index (χ2v) is 2.95. The Morgan fingerprint density at radius 2 is 1.80 bits per heavy atom. The molecule has 4 heteroatoms. The fourth-order valence-electron chi connectivity index (χ4n) is 1.02. The number of nitrogens with two attached hydrogens (primary N) is 1. The maximum Gasteiger partial charge on any atom is 0.127 e. The maximum absolute atomic E-state index is 8.45. The number of hydrogen-bond donors (Lipinski definition) is 1. The Morgan fingerprint density at radius 1 is 1.27 bits per heavy atom. The van der Waals surface area contributed by atoms with Gasteiger partial charge in [0.25, 0.3) is 0 Å². The van der Waals surface area contributed by atoms with Crippen LogP contribution in [0.5, 0.6) is 11.5 Å². The minimum Gasteiger partial charge on any atom is -0.494 e. The van der Waals surface area contributed by atoms with Crippen LogP contribution in [0.15, 0.2) is 24.3 Å². The highest BCUT2D eigenvalue weighted by atomic mass is 16.5. The highest BCUT2D eigenvalue weighted by Gasteiger charge is 2.01. The van der Waals surface area contributed by atoms with Gasteiger partial charge in [0.2, 0.25) is 0 Å². The molecule has 0 aliphatic rings. The van der Waals surface area contributed by atoms with Gasteiger partial charge in [-0.05, 0) is 31.2 Å².